The number of amides is 1. The summed E-state index contributed by atoms with van der Waals surface area (Å²) in [4.78, 5) is 14.4. The number of aryl methyl sites for hydroxylation is 3. The molecule has 6 heteroatoms. The van der Waals surface area contributed by atoms with Gasteiger partial charge < -0.3 is 15.4 Å². The van der Waals surface area contributed by atoms with Crippen molar-refractivity contribution >= 4 is 5.91 Å². The second-order valence-corrected chi connectivity index (χ2v) is 6.74. The minimum atomic E-state index is -0.0361. The summed E-state index contributed by atoms with van der Waals surface area (Å²) in [6.45, 7) is 5.85. The van der Waals surface area contributed by atoms with Crippen LogP contribution in [0.1, 0.15) is 29.3 Å². The summed E-state index contributed by atoms with van der Waals surface area (Å²) >= 11 is 0. The number of likely N-dealkylation sites (tertiary alicyclic amines) is 1. The Kier molecular flexibility index (Phi) is 5.08. The Morgan fingerprint density at radius 2 is 2.00 bits per heavy atom. The Labute approximate surface area is 148 Å². The first-order valence-electron chi connectivity index (χ1n) is 8.66. The van der Waals surface area contributed by atoms with Gasteiger partial charge in [0.15, 0.2) is 0 Å². The lowest BCUT2D eigenvalue weighted by Gasteiger charge is -2.17. The van der Waals surface area contributed by atoms with Gasteiger partial charge in [-0.3, -0.25) is 9.48 Å². The highest BCUT2D eigenvalue weighted by atomic mass is 16.5. The zero-order valence-electron chi connectivity index (χ0n) is 15.1. The van der Waals surface area contributed by atoms with E-state index >= 15 is 0 Å². The Morgan fingerprint density at radius 1 is 1.28 bits per heavy atom. The predicted molar refractivity (Wildman–Crippen MR) is 96.6 cm³/mol. The van der Waals surface area contributed by atoms with Crippen LogP contribution in [-0.2, 0) is 11.3 Å². The summed E-state index contributed by atoms with van der Waals surface area (Å²) in [7, 11) is 1.65. The second kappa shape index (κ2) is 7.27. The van der Waals surface area contributed by atoms with Crippen LogP contribution < -0.4 is 10.5 Å². The summed E-state index contributed by atoms with van der Waals surface area (Å²) in [5.74, 6) is 1.13. The van der Waals surface area contributed by atoms with Gasteiger partial charge in [-0.05, 0) is 37.6 Å². The number of hydrogen-bond donors (Lipinski definition) is 1. The molecule has 0 saturated carbocycles. The molecule has 0 bridgehead atoms. The number of nitrogens with two attached hydrogens (primary N) is 1. The normalized spacial score (nSPS) is 20.1. The van der Waals surface area contributed by atoms with Gasteiger partial charge in [0, 0.05) is 43.7 Å². The molecule has 1 aromatic heterocycles. The number of ether oxygens (including phenoxy) is 1. The van der Waals surface area contributed by atoms with Crippen LogP contribution in [0.5, 0.6) is 5.75 Å². The number of nitrogens with zero attached hydrogens (tertiary/aromatic N) is 3. The van der Waals surface area contributed by atoms with Crippen LogP contribution in [0.4, 0.5) is 0 Å². The zero-order chi connectivity index (χ0) is 18.0. The molecule has 1 aromatic carbocycles. The fraction of sp³-hybridized carbons (Fsp3) is 0.474. The molecular weight excluding hydrogens is 316 g/mol. The van der Waals surface area contributed by atoms with Crippen molar-refractivity contribution in [3.05, 3.63) is 47.3 Å². The molecule has 0 aliphatic carbocycles. The maximum absolute atomic E-state index is 12.6. The van der Waals surface area contributed by atoms with Crippen molar-refractivity contribution in [2.75, 3.05) is 20.2 Å². The summed E-state index contributed by atoms with van der Waals surface area (Å²) in [5.41, 5.74) is 9.52. The third kappa shape index (κ3) is 3.85. The van der Waals surface area contributed by atoms with E-state index in [1.807, 2.05) is 53.8 Å². The van der Waals surface area contributed by atoms with Crippen molar-refractivity contribution in [3.8, 4) is 5.75 Å². The number of methoxy groups -OCH3 is 1. The molecule has 2 aromatic rings. The van der Waals surface area contributed by atoms with E-state index in [4.69, 9.17) is 10.5 Å². The number of aromatic nitrogens is 2. The number of carbonyl (C=O) groups is 1. The number of rotatable bonds is 5. The van der Waals surface area contributed by atoms with E-state index in [-0.39, 0.29) is 17.9 Å². The molecule has 25 heavy (non-hydrogen) atoms. The van der Waals surface area contributed by atoms with Crippen molar-refractivity contribution < 1.29 is 9.53 Å². The molecule has 0 unspecified atom stereocenters. The Morgan fingerprint density at radius 3 is 2.60 bits per heavy atom. The number of benzene rings is 1. The lowest BCUT2D eigenvalue weighted by molar-refractivity contribution is -0.130. The van der Waals surface area contributed by atoms with E-state index in [9.17, 15) is 4.79 Å². The first kappa shape index (κ1) is 17.5. The van der Waals surface area contributed by atoms with Gasteiger partial charge in [0.05, 0.1) is 12.8 Å². The minimum Gasteiger partial charge on any atom is -0.497 e. The Hall–Kier alpha value is -2.34. The SMILES string of the molecule is COc1ccc([C@@H]2CN(C(=O)CCn3nc(C)cc3C)C[C@H]2N)cc1. The predicted octanol–water partition coefficient (Wildman–Crippen LogP) is 1.85. The molecule has 1 fully saturated rings. The molecule has 1 saturated heterocycles. The average molecular weight is 342 g/mol. The third-order valence-electron chi connectivity index (χ3n) is 4.90. The van der Waals surface area contributed by atoms with Gasteiger partial charge in [-0.25, -0.2) is 0 Å². The van der Waals surface area contributed by atoms with Crippen LogP contribution in [0, 0.1) is 13.8 Å². The second-order valence-electron chi connectivity index (χ2n) is 6.74. The molecular formula is C19H26N4O2. The van der Waals surface area contributed by atoms with Crippen LogP contribution in [0.3, 0.4) is 0 Å². The smallest absolute Gasteiger partial charge is 0.224 e. The molecule has 0 spiro atoms. The Balaban J connectivity index is 1.60. The minimum absolute atomic E-state index is 0.0361. The van der Waals surface area contributed by atoms with E-state index < -0.39 is 0 Å². The third-order valence-corrected chi connectivity index (χ3v) is 4.90. The van der Waals surface area contributed by atoms with Gasteiger partial charge in [-0.1, -0.05) is 12.1 Å². The van der Waals surface area contributed by atoms with Crippen LogP contribution in [-0.4, -0.2) is 46.8 Å². The number of hydrogen-bond acceptors (Lipinski definition) is 4. The summed E-state index contributed by atoms with van der Waals surface area (Å²) < 4.78 is 7.09. The summed E-state index contributed by atoms with van der Waals surface area (Å²) in [6.07, 6.45) is 0.448. The first-order chi connectivity index (χ1) is 12.0. The maximum Gasteiger partial charge on any atom is 0.224 e. The van der Waals surface area contributed by atoms with Crippen molar-refractivity contribution in [1.82, 2.24) is 14.7 Å². The molecule has 1 aliphatic heterocycles. The van der Waals surface area contributed by atoms with Crippen LogP contribution in [0.15, 0.2) is 30.3 Å². The van der Waals surface area contributed by atoms with Gasteiger partial charge in [0.1, 0.15) is 5.75 Å². The topological polar surface area (TPSA) is 73.4 Å². The monoisotopic (exact) mass is 342 g/mol. The largest absolute Gasteiger partial charge is 0.497 e. The molecule has 1 amide bonds. The molecule has 0 radical (unpaired) electrons. The molecule has 2 heterocycles. The van der Waals surface area contributed by atoms with E-state index in [2.05, 4.69) is 5.10 Å². The fourth-order valence-electron chi connectivity index (χ4n) is 3.50. The molecule has 134 valence electrons. The summed E-state index contributed by atoms with van der Waals surface area (Å²) in [5, 5.41) is 4.41. The van der Waals surface area contributed by atoms with E-state index in [1.165, 1.54) is 0 Å². The van der Waals surface area contributed by atoms with Crippen molar-refractivity contribution in [2.24, 2.45) is 5.73 Å². The quantitative estimate of drug-likeness (QED) is 0.900. The van der Waals surface area contributed by atoms with Crippen molar-refractivity contribution in [2.45, 2.75) is 38.8 Å². The van der Waals surface area contributed by atoms with Crippen molar-refractivity contribution in [3.63, 3.8) is 0 Å². The molecule has 3 rings (SSSR count). The van der Waals surface area contributed by atoms with E-state index in [1.54, 1.807) is 7.11 Å². The molecule has 2 atom stereocenters. The van der Waals surface area contributed by atoms with Crippen LogP contribution >= 0.6 is 0 Å². The maximum atomic E-state index is 12.6. The molecule has 2 N–H and O–H groups in total. The first-order valence-corrected chi connectivity index (χ1v) is 8.66. The highest BCUT2D eigenvalue weighted by molar-refractivity contribution is 5.76. The van der Waals surface area contributed by atoms with E-state index in [0.29, 0.717) is 26.1 Å². The number of carbonyl (C=O) groups excluding carboxylic acids is 1. The molecule has 6 nitrogen and oxygen atoms in total. The van der Waals surface area contributed by atoms with Gasteiger partial charge in [-0.15, -0.1) is 0 Å². The average Bonchev–Trinajstić information content (AvgIpc) is 3.14. The molecule has 1 aliphatic rings. The standard InChI is InChI=1S/C19H26N4O2/c1-13-10-14(2)23(21-13)9-8-19(24)22-11-17(18(20)12-22)15-4-6-16(25-3)7-5-15/h4-7,10,17-18H,8-9,11-12,20H2,1-3H3/t17-,18+/m0/s1. The van der Waals surface area contributed by atoms with Crippen LogP contribution in [0.2, 0.25) is 0 Å². The fourth-order valence-corrected chi connectivity index (χ4v) is 3.50. The van der Waals surface area contributed by atoms with E-state index in [0.717, 1.165) is 22.7 Å². The lowest BCUT2D eigenvalue weighted by Crippen LogP contribution is -2.32. The van der Waals surface area contributed by atoms with Crippen LogP contribution in [0.25, 0.3) is 0 Å². The highest BCUT2D eigenvalue weighted by Gasteiger charge is 2.33. The zero-order valence-corrected chi connectivity index (χ0v) is 15.1. The lowest BCUT2D eigenvalue weighted by atomic mass is 9.95. The van der Waals surface area contributed by atoms with Gasteiger partial charge in [-0.2, -0.15) is 5.10 Å². The van der Waals surface area contributed by atoms with Gasteiger partial charge >= 0.3 is 0 Å². The van der Waals surface area contributed by atoms with Gasteiger partial charge in [0.2, 0.25) is 5.91 Å². The summed E-state index contributed by atoms with van der Waals surface area (Å²) in [6, 6.07) is 9.94. The Bertz CT molecular complexity index is 738. The van der Waals surface area contributed by atoms with Gasteiger partial charge in [0.25, 0.3) is 0 Å². The van der Waals surface area contributed by atoms with Crippen molar-refractivity contribution in [1.29, 1.82) is 0 Å². The highest BCUT2D eigenvalue weighted by Crippen LogP contribution is 2.28.